The summed E-state index contributed by atoms with van der Waals surface area (Å²) in [5.41, 5.74) is 0. The smallest absolute Gasteiger partial charge is 0.431 e. The lowest BCUT2D eigenvalue weighted by atomic mass is 9.79. The van der Waals surface area contributed by atoms with E-state index in [0.29, 0.717) is 6.42 Å². The van der Waals surface area contributed by atoms with Crippen molar-refractivity contribution in [2.45, 2.75) is 81.5 Å². The zero-order valence-corrected chi connectivity index (χ0v) is 18.3. The van der Waals surface area contributed by atoms with Crippen LogP contribution in [0.3, 0.4) is 0 Å². The summed E-state index contributed by atoms with van der Waals surface area (Å²) < 4.78 is 93.6. The molecule has 3 aliphatic carbocycles. The van der Waals surface area contributed by atoms with Crippen molar-refractivity contribution in [2.24, 2.45) is 23.7 Å². The van der Waals surface area contributed by atoms with Gasteiger partial charge in [-0.05, 0) is 63.2 Å². The van der Waals surface area contributed by atoms with Gasteiger partial charge in [0, 0.05) is 6.42 Å². The minimum Gasteiger partial charge on any atom is -0.465 e. The van der Waals surface area contributed by atoms with E-state index in [1.165, 1.54) is 0 Å². The Morgan fingerprint density at radius 1 is 0.906 bits per heavy atom. The number of halogens is 4. The van der Waals surface area contributed by atoms with Crippen molar-refractivity contribution in [1.29, 1.82) is 0 Å². The predicted octanol–water partition coefficient (Wildman–Crippen LogP) is 3.96. The van der Waals surface area contributed by atoms with Crippen LogP contribution in [0.5, 0.6) is 0 Å². The summed E-state index contributed by atoms with van der Waals surface area (Å²) in [5.74, 6) is -7.74. The van der Waals surface area contributed by atoms with Crippen molar-refractivity contribution >= 4 is 22.1 Å². The van der Waals surface area contributed by atoms with E-state index in [4.69, 9.17) is 14.0 Å². The molecule has 0 saturated heterocycles. The summed E-state index contributed by atoms with van der Waals surface area (Å²) >= 11 is 0. The molecule has 7 nitrogen and oxygen atoms in total. The van der Waals surface area contributed by atoms with E-state index in [9.17, 15) is 35.6 Å². The second-order valence-corrected chi connectivity index (χ2v) is 10.5. The lowest BCUT2D eigenvalue weighted by Gasteiger charge is -2.30. The van der Waals surface area contributed by atoms with Crippen LogP contribution in [0.15, 0.2) is 0 Å². The van der Waals surface area contributed by atoms with Crippen molar-refractivity contribution in [3.8, 4) is 0 Å². The standard InChI is InChI=1S/C20H28F4O7S/c21-19(22,20(23,24)32(27,28)29)9-4-10-30-17(25)15-12-7-8-13(11-12)16(15)18(26)31-14-5-2-1-3-6-14/h12-16H,1-11H2,(H,27,28,29). The summed E-state index contributed by atoms with van der Waals surface area (Å²) in [5, 5.41) is -5.65. The van der Waals surface area contributed by atoms with Gasteiger partial charge in [-0.15, -0.1) is 0 Å². The van der Waals surface area contributed by atoms with Crippen LogP contribution < -0.4 is 0 Å². The zero-order valence-electron chi connectivity index (χ0n) is 17.5. The van der Waals surface area contributed by atoms with Crippen LogP contribution in [-0.2, 0) is 29.2 Å². The molecule has 4 unspecified atom stereocenters. The molecule has 0 radical (unpaired) electrons. The molecule has 4 atom stereocenters. The number of carbonyl (C=O) groups is 2. The van der Waals surface area contributed by atoms with Gasteiger partial charge in [0.15, 0.2) is 0 Å². The molecular weight excluding hydrogens is 460 g/mol. The largest absolute Gasteiger partial charge is 0.465 e. The molecule has 32 heavy (non-hydrogen) atoms. The molecule has 0 aromatic heterocycles. The molecule has 3 saturated carbocycles. The van der Waals surface area contributed by atoms with E-state index in [1.54, 1.807) is 0 Å². The Labute approximate surface area is 183 Å². The Hall–Kier alpha value is -1.43. The molecule has 0 aromatic rings. The van der Waals surface area contributed by atoms with Crippen LogP contribution in [0.25, 0.3) is 0 Å². The first-order chi connectivity index (χ1) is 14.8. The molecule has 12 heteroatoms. The van der Waals surface area contributed by atoms with Crippen LogP contribution in [0, 0.1) is 23.7 Å². The summed E-state index contributed by atoms with van der Waals surface area (Å²) in [7, 11) is -6.30. The average molecular weight is 488 g/mol. The highest BCUT2D eigenvalue weighted by Crippen LogP contribution is 2.53. The summed E-state index contributed by atoms with van der Waals surface area (Å²) in [4.78, 5) is 25.4. The molecule has 0 amide bonds. The van der Waals surface area contributed by atoms with Crippen molar-refractivity contribution in [3.63, 3.8) is 0 Å². The van der Waals surface area contributed by atoms with Gasteiger partial charge in [0.25, 0.3) is 0 Å². The van der Waals surface area contributed by atoms with E-state index in [0.717, 1.165) is 44.9 Å². The molecule has 2 bridgehead atoms. The fraction of sp³-hybridized carbons (Fsp3) is 0.900. The number of hydrogen-bond acceptors (Lipinski definition) is 6. The number of alkyl halides is 4. The molecule has 3 rings (SSSR count). The SMILES string of the molecule is O=C(OCCCC(F)(F)C(F)(F)S(=O)(=O)O)C1C2CCC(C2)C1C(=O)OC1CCCCC1. The third-order valence-electron chi connectivity index (χ3n) is 6.92. The second-order valence-electron chi connectivity index (χ2n) is 9.05. The third-order valence-corrected chi connectivity index (χ3v) is 7.87. The Kier molecular flexibility index (Phi) is 7.43. The quantitative estimate of drug-likeness (QED) is 0.227. The van der Waals surface area contributed by atoms with Crippen LogP contribution in [-0.4, -0.2) is 48.8 Å². The van der Waals surface area contributed by atoms with Gasteiger partial charge in [0.05, 0.1) is 18.4 Å². The van der Waals surface area contributed by atoms with Gasteiger partial charge in [-0.25, -0.2) is 0 Å². The molecular formula is C20H28F4O7S. The topological polar surface area (TPSA) is 107 Å². The molecule has 3 fully saturated rings. The van der Waals surface area contributed by atoms with Gasteiger partial charge < -0.3 is 9.47 Å². The van der Waals surface area contributed by atoms with Gasteiger partial charge in [0.1, 0.15) is 6.10 Å². The molecule has 0 spiro atoms. The van der Waals surface area contributed by atoms with Crippen LogP contribution in [0.2, 0.25) is 0 Å². The maximum Gasteiger partial charge on any atom is 0.431 e. The normalized spacial score (nSPS) is 29.2. The summed E-state index contributed by atoms with van der Waals surface area (Å²) in [6, 6.07) is 0. The number of fused-ring (bicyclic) bond motifs is 2. The average Bonchev–Trinajstić information content (AvgIpc) is 3.32. The maximum atomic E-state index is 13.5. The Balaban J connectivity index is 1.54. The minimum atomic E-state index is -6.30. The molecule has 184 valence electrons. The highest BCUT2D eigenvalue weighted by atomic mass is 32.2. The molecule has 1 N–H and O–H groups in total. The Bertz CT molecular complexity index is 811. The highest BCUT2D eigenvalue weighted by Gasteiger charge is 2.65. The lowest BCUT2D eigenvalue weighted by Crippen LogP contribution is -2.46. The first kappa shape index (κ1) is 25.2. The van der Waals surface area contributed by atoms with Crippen molar-refractivity contribution in [2.75, 3.05) is 6.61 Å². The predicted molar refractivity (Wildman–Crippen MR) is 102 cm³/mol. The number of rotatable bonds is 9. The highest BCUT2D eigenvalue weighted by molar-refractivity contribution is 7.87. The van der Waals surface area contributed by atoms with Crippen LogP contribution >= 0.6 is 0 Å². The van der Waals surface area contributed by atoms with Gasteiger partial charge in [0.2, 0.25) is 0 Å². The third kappa shape index (κ3) is 5.05. The molecule has 3 aliphatic rings. The van der Waals surface area contributed by atoms with Gasteiger partial charge >= 0.3 is 33.2 Å². The van der Waals surface area contributed by atoms with Gasteiger partial charge in [-0.1, -0.05) is 6.42 Å². The number of ether oxygens (including phenoxy) is 2. The molecule has 0 heterocycles. The fourth-order valence-corrected chi connectivity index (χ4v) is 5.77. The second kappa shape index (κ2) is 9.44. The minimum absolute atomic E-state index is 0.00794. The molecule has 0 aromatic carbocycles. The fourth-order valence-electron chi connectivity index (χ4n) is 5.29. The van der Waals surface area contributed by atoms with Crippen molar-refractivity contribution < 1.29 is 49.6 Å². The van der Waals surface area contributed by atoms with Crippen LogP contribution in [0.1, 0.15) is 64.2 Å². The van der Waals surface area contributed by atoms with E-state index in [1.807, 2.05) is 0 Å². The monoisotopic (exact) mass is 488 g/mol. The van der Waals surface area contributed by atoms with Crippen molar-refractivity contribution in [1.82, 2.24) is 0 Å². The Morgan fingerprint density at radius 3 is 2.03 bits per heavy atom. The first-order valence-corrected chi connectivity index (χ1v) is 12.4. The van der Waals surface area contributed by atoms with E-state index in [2.05, 4.69) is 0 Å². The number of esters is 2. The van der Waals surface area contributed by atoms with Crippen LogP contribution in [0.4, 0.5) is 17.6 Å². The van der Waals surface area contributed by atoms with E-state index >= 15 is 0 Å². The zero-order chi connectivity index (χ0) is 23.7. The van der Waals surface area contributed by atoms with E-state index in [-0.39, 0.29) is 17.9 Å². The number of carbonyl (C=O) groups excluding carboxylic acids is 2. The number of hydrogen-bond donors (Lipinski definition) is 1. The first-order valence-electron chi connectivity index (χ1n) is 10.9. The maximum absolute atomic E-state index is 13.5. The van der Waals surface area contributed by atoms with Gasteiger partial charge in [-0.2, -0.15) is 26.0 Å². The summed E-state index contributed by atoms with van der Waals surface area (Å²) in [6.07, 6.45) is 4.26. The molecule has 0 aliphatic heterocycles. The Morgan fingerprint density at radius 2 is 1.47 bits per heavy atom. The van der Waals surface area contributed by atoms with Gasteiger partial charge in [-0.3, -0.25) is 14.1 Å². The summed E-state index contributed by atoms with van der Waals surface area (Å²) in [6.45, 7) is -0.645. The lowest BCUT2D eigenvalue weighted by molar-refractivity contribution is -0.171. The van der Waals surface area contributed by atoms with E-state index < -0.39 is 64.5 Å². The van der Waals surface area contributed by atoms with Crippen molar-refractivity contribution in [3.05, 3.63) is 0 Å².